The van der Waals surface area contributed by atoms with E-state index in [0.29, 0.717) is 11.5 Å². The number of aryl methyl sites for hydroxylation is 1. The Balaban J connectivity index is 1.17. The first-order valence-electron chi connectivity index (χ1n) is 10.5. The lowest BCUT2D eigenvalue weighted by Crippen LogP contribution is -2.33. The lowest BCUT2D eigenvalue weighted by Gasteiger charge is -2.32. The van der Waals surface area contributed by atoms with Crippen molar-refractivity contribution in [1.29, 1.82) is 0 Å². The van der Waals surface area contributed by atoms with Gasteiger partial charge in [-0.25, -0.2) is 4.39 Å². The summed E-state index contributed by atoms with van der Waals surface area (Å²) in [5.41, 5.74) is 2.92. The van der Waals surface area contributed by atoms with E-state index < -0.39 is 0 Å². The van der Waals surface area contributed by atoms with E-state index in [1.807, 2.05) is 0 Å². The Bertz CT molecular complexity index is 1120. The first kappa shape index (κ1) is 18.3. The Hall–Kier alpha value is -2.72. The highest BCUT2D eigenvalue weighted by molar-refractivity contribution is 5.85. The zero-order valence-electron chi connectivity index (χ0n) is 16.5. The molecule has 0 N–H and O–H groups in total. The maximum absolute atomic E-state index is 13.3. The molecule has 0 saturated carbocycles. The predicted octanol–water partition coefficient (Wildman–Crippen LogP) is 5.96. The van der Waals surface area contributed by atoms with Gasteiger partial charge in [-0.1, -0.05) is 47.6 Å². The van der Waals surface area contributed by atoms with Crippen LogP contribution in [-0.2, 0) is 13.0 Å². The second-order valence-corrected chi connectivity index (χ2v) is 8.17. The summed E-state index contributed by atoms with van der Waals surface area (Å²) in [5, 5.41) is 7.80. The fourth-order valence-corrected chi connectivity index (χ4v) is 4.59. The summed E-state index contributed by atoms with van der Waals surface area (Å²) in [7, 11) is 0. The van der Waals surface area contributed by atoms with Crippen molar-refractivity contribution in [2.45, 2.75) is 32.2 Å². The highest BCUT2D eigenvalue weighted by atomic mass is 19.1. The minimum Gasteiger partial charge on any atom is -0.356 e. The van der Waals surface area contributed by atoms with Gasteiger partial charge < -0.3 is 4.52 Å². The molecule has 1 aliphatic heterocycles. The van der Waals surface area contributed by atoms with Crippen molar-refractivity contribution in [1.82, 2.24) is 10.1 Å². The summed E-state index contributed by atoms with van der Waals surface area (Å²) < 4.78 is 18.6. The zero-order valence-corrected chi connectivity index (χ0v) is 16.5. The van der Waals surface area contributed by atoms with Crippen molar-refractivity contribution in [2.24, 2.45) is 5.92 Å². The third-order valence-electron chi connectivity index (χ3n) is 6.28. The molecule has 1 aliphatic rings. The van der Waals surface area contributed by atoms with Crippen LogP contribution >= 0.6 is 0 Å². The minimum atomic E-state index is -0.279. The SMILES string of the molecule is Fc1ccc2c(CCC3CCN(Cc4cccc5ccccc45)CC3)noc2c1. The van der Waals surface area contributed by atoms with Crippen molar-refractivity contribution in [2.75, 3.05) is 13.1 Å². The third kappa shape index (κ3) is 3.90. The van der Waals surface area contributed by atoms with Crippen LogP contribution in [0.4, 0.5) is 4.39 Å². The first-order valence-corrected chi connectivity index (χ1v) is 10.5. The average Bonchev–Trinajstić information content (AvgIpc) is 3.15. The van der Waals surface area contributed by atoms with E-state index in [9.17, 15) is 4.39 Å². The van der Waals surface area contributed by atoms with Gasteiger partial charge in [-0.15, -0.1) is 0 Å². The summed E-state index contributed by atoms with van der Waals surface area (Å²) in [5.74, 6) is 0.435. The molecule has 29 heavy (non-hydrogen) atoms. The Morgan fingerprint density at radius 2 is 1.79 bits per heavy atom. The van der Waals surface area contributed by atoms with Gasteiger partial charge in [0, 0.05) is 18.0 Å². The standard InChI is InChI=1S/C25H25FN2O/c26-21-9-10-23-24(27-29-25(23)16-21)11-8-18-12-14-28(15-13-18)17-20-6-3-5-19-4-1-2-7-22(19)20/h1-7,9-10,16,18H,8,11-15,17H2. The van der Waals surface area contributed by atoms with Crippen molar-refractivity contribution in [3.8, 4) is 0 Å². The molecular weight excluding hydrogens is 363 g/mol. The number of hydrogen-bond donors (Lipinski definition) is 0. The average molecular weight is 388 g/mol. The number of fused-ring (bicyclic) bond motifs is 2. The summed E-state index contributed by atoms with van der Waals surface area (Å²) >= 11 is 0. The molecule has 3 nitrogen and oxygen atoms in total. The molecule has 0 amide bonds. The molecule has 4 aromatic rings. The Kier molecular flexibility index (Phi) is 5.03. The van der Waals surface area contributed by atoms with Gasteiger partial charge in [0.1, 0.15) is 5.82 Å². The first-order chi connectivity index (χ1) is 14.3. The maximum atomic E-state index is 13.3. The molecule has 5 rings (SSSR count). The minimum absolute atomic E-state index is 0.279. The second kappa shape index (κ2) is 7.96. The number of piperidine rings is 1. The van der Waals surface area contributed by atoms with Crippen LogP contribution in [0.5, 0.6) is 0 Å². The normalized spacial score (nSPS) is 16.0. The van der Waals surface area contributed by atoms with E-state index in [1.54, 1.807) is 6.07 Å². The van der Waals surface area contributed by atoms with Crippen LogP contribution in [0.15, 0.2) is 65.2 Å². The molecule has 3 aromatic carbocycles. The van der Waals surface area contributed by atoms with Gasteiger partial charge in [0.15, 0.2) is 5.58 Å². The van der Waals surface area contributed by atoms with E-state index in [2.05, 4.69) is 52.5 Å². The van der Waals surface area contributed by atoms with Crippen molar-refractivity contribution in [3.05, 3.63) is 77.7 Å². The molecule has 148 valence electrons. The predicted molar refractivity (Wildman–Crippen MR) is 114 cm³/mol. The molecule has 2 heterocycles. The molecule has 0 radical (unpaired) electrons. The summed E-state index contributed by atoms with van der Waals surface area (Å²) in [4.78, 5) is 2.58. The van der Waals surface area contributed by atoms with Crippen LogP contribution in [0.3, 0.4) is 0 Å². The number of benzene rings is 3. The fraction of sp³-hybridized carbons (Fsp3) is 0.320. The van der Waals surface area contributed by atoms with Gasteiger partial charge in [-0.3, -0.25) is 4.90 Å². The van der Waals surface area contributed by atoms with E-state index in [4.69, 9.17) is 4.52 Å². The number of rotatable bonds is 5. The lowest BCUT2D eigenvalue weighted by atomic mass is 9.91. The van der Waals surface area contributed by atoms with Crippen molar-refractivity contribution >= 4 is 21.7 Å². The largest absolute Gasteiger partial charge is 0.356 e. The fourth-order valence-electron chi connectivity index (χ4n) is 4.59. The van der Waals surface area contributed by atoms with Gasteiger partial charge in [-0.2, -0.15) is 0 Å². The van der Waals surface area contributed by atoms with Crippen molar-refractivity contribution in [3.63, 3.8) is 0 Å². The molecule has 1 aromatic heterocycles. The number of hydrogen-bond acceptors (Lipinski definition) is 3. The van der Waals surface area contributed by atoms with Crippen LogP contribution in [0, 0.1) is 11.7 Å². The number of nitrogens with zero attached hydrogens (tertiary/aromatic N) is 2. The number of aromatic nitrogens is 1. The van der Waals surface area contributed by atoms with Crippen LogP contribution in [0.1, 0.15) is 30.5 Å². The van der Waals surface area contributed by atoms with Gasteiger partial charge in [-0.05, 0) is 73.2 Å². The molecule has 1 saturated heterocycles. The molecule has 0 atom stereocenters. The lowest BCUT2D eigenvalue weighted by molar-refractivity contribution is 0.172. The molecule has 1 fully saturated rings. The Labute approximate surface area is 170 Å². The van der Waals surface area contributed by atoms with E-state index in [0.717, 1.165) is 43.6 Å². The zero-order chi connectivity index (χ0) is 19.6. The summed E-state index contributed by atoms with van der Waals surface area (Å²) in [6.07, 6.45) is 4.44. The smallest absolute Gasteiger partial charge is 0.170 e. The second-order valence-electron chi connectivity index (χ2n) is 8.17. The van der Waals surface area contributed by atoms with Crippen LogP contribution in [0.2, 0.25) is 0 Å². The third-order valence-corrected chi connectivity index (χ3v) is 6.28. The van der Waals surface area contributed by atoms with Crippen LogP contribution in [0.25, 0.3) is 21.7 Å². The molecular formula is C25H25FN2O. The van der Waals surface area contributed by atoms with E-state index >= 15 is 0 Å². The topological polar surface area (TPSA) is 29.3 Å². The van der Waals surface area contributed by atoms with Crippen LogP contribution in [-0.4, -0.2) is 23.1 Å². The maximum Gasteiger partial charge on any atom is 0.170 e. The van der Waals surface area contributed by atoms with Gasteiger partial charge in [0.2, 0.25) is 0 Å². The molecule has 0 bridgehead atoms. The highest BCUT2D eigenvalue weighted by Crippen LogP contribution is 2.27. The van der Waals surface area contributed by atoms with Gasteiger partial charge in [0.25, 0.3) is 0 Å². The monoisotopic (exact) mass is 388 g/mol. The summed E-state index contributed by atoms with van der Waals surface area (Å²) in [6, 6.07) is 19.9. The van der Waals surface area contributed by atoms with E-state index in [1.165, 1.54) is 41.3 Å². The van der Waals surface area contributed by atoms with Crippen LogP contribution < -0.4 is 0 Å². The Morgan fingerprint density at radius 1 is 0.966 bits per heavy atom. The molecule has 0 aliphatic carbocycles. The quantitative estimate of drug-likeness (QED) is 0.422. The number of likely N-dealkylation sites (tertiary alicyclic amines) is 1. The molecule has 4 heteroatoms. The highest BCUT2D eigenvalue weighted by Gasteiger charge is 2.20. The number of halogens is 1. The Morgan fingerprint density at radius 3 is 2.69 bits per heavy atom. The van der Waals surface area contributed by atoms with E-state index in [-0.39, 0.29) is 5.82 Å². The van der Waals surface area contributed by atoms with Crippen molar-refractivity contribution < 1.29 is 8.91 Å². The summed E-state index contributed by atoms with van der Waals surface area (Å²) in [6.45, 7) is 3.30. The van der Waals surface area contributed by atoms with Gasteiger partial charge >= 0.3 is 0 Å². The molecule has 0 spiro atoms. The molecule has 0 unspecified atom stereocenters. The van der Waals surface area contributed by atoms with Gasteiger partial charge in [0.05, 0.1) is 5.69 Å².